The predicted octanol–water partition coefficient (Wildman–Crippen LogP) is 4.74. The average molecular weight is 308 g/mol. The van der Waals surface area contributed by atoms with Crippen molar-refractivity contribution in [2.45, 2.75) is 26.4 Å². The van der Waals surface area contributed by atoms with E-state index in [1.54, 1.807) is 12.1 Å². The number of fused-ring (bicyclic) bond motifs is 1. The standard InChI is InChI=1S/C20H20O3/c1-14(2)10-11-22-16-8-9-17-18(21)13-19(23-20(17)12-16)15-6-4-3-5-7-15/h3-10,12,19H,11,13H2,1-2H3/t19-/m0/s1. The third-order valence-electron chi connectivity index (χ3n) is 3.81. The predicted molar refractivity (Wildman–Crippen MR) is 90.1 cm³/mol. The lowest BCUT2D eigenvalue weighted by Crippen LogP contribution is -2.20. The first-order valence-electron chi connectivity index (χ1n) is 7.78. The van der Waals surface area contributed by atoms with Gasteiger partial charge in [0.25, 0.3) is 0 Å². The van der Waals surface area contributed by atoms with Crippen molar-refractivity contribution >= 4 is 5.78 Å². The smallest absolute Gasteiger partial charge is 0.170 e. The second-order valence-corrected chi connectivity index (χ2v) is 5.89. The van der Waals surface area contributed by atoms with Gasteiger partial charge in [0.05, 0.1) is 12.0 Å². The van der Waals surface area contributed by atoms with Gasteiger partial charge in [-0.3, -0.25) is 4.79 Å². The normalized spacial score (nSPS) is 16.3. The van der Waals surface area contributed by atoms with Crippen molar-refractivity contribution in [3.63, 3.8) is 0 Å². The molecule has 0 radical (unpaired) electrons. The molecular formula is C20H20O3. The van der Waals surface area contributed by atoms with E-state index in [4.69, 9.17) is 9.47 Å². The van der Waals surface area contributed by atoms with Crippen molar-refractivity contribution < 1.29 is 14.3 Å². The molecule has 0 N–H and O–H groups in total. The Hall–Kier alpha value is -2.55. The lowest BCUT2D eigenvalue weighted by molar-refractivity contribution is 0.0849. The zero-order chi connectivity index (χ0) is 16.2. The number of ketones is 1. The zero-order valence-corrected chi connectivity index (χ0v) is 13.4. The van der Waals surface area contributed by atoms with Gasteiger partial charge in [-0.15, -0.1) is 0 Å². The Morgan fingerprint density at radius 3 is 2.74 bits per heavy atom. The minimum absolute atomic E-state index is 0.107. The number of carbonyl (C=O) groups excluding carboxylic acids is 1. The fourth-order valence-electron chi connectivity index (χ4n) is 2.55. The molecule has 3 nitrogen and oxygen atoms in total. The van der Waals surface area contributed by atoms with E-state index in [1.165, 1.54) is 5.57 Å². The molecule has 0 saturated carbocycles. The van der Waals surface area contributed by atoms with Crippen LogP contribution < -0.4 is 9.47 Å². The van der Waals surface area contributed by atoms with Gasteiger partial charge in [0.1, 0.15) is 24.2 Å². The van der Waals surface area contributed by atoms with Crippen molar-refractivity contribution in [1.29, 1.82) is 0 Å². The van der Waals surface area contributed by atoms with Crippen LogP contribution in [0.15, 0.2) is 60.2 Å². The maximum Gasteiger partial charge on any atom is 0.170 e. The van der Waals surface area contributed by atoms with Gasteiger partial charge in [-0.05, 0) is 37.6 Å². The largest absolute Gasteiger partial charge is 0.489 e. The molecule has 1 aliphatic rings. The Balaban J connectivity index is 1.81. The van der Waals surface area contributed by atoms with E-state index in [0.29, 0.717) is 30.1 Å². The summed E-state index contributed by atoms with van der Waals surface area (Å²) >= 11 is 0. The van der Waals surface area contributed by atoms with Crippen molar-refractivity contribution in [2.75, 3.05) is 6.61 Å². The van der Waals surface area contributed by atoms with E-state index in [9.17, 15) is 4.79 Å². The Bertz CT molecular complexity index is 728. The van der Waals surface area contributed by atoms with Crippen LogP contribution >= 0.6 is 0 Å². The highest BCUT2D eigenvalue weighted by atomic mass is 16.5. The molecule has 1 heterocycles. The quantitative estimate of drug-likeness (QED) is 0.765. The molecule has 118 valence electrons. The van der Waals surface area contributed by atoms with Crippen LogP contribution in [-0.4, -0.2) is 12.4 Å². The molecule has 0 fully saturated rings. The topological polar surface area (TPSA) is 35.5 Å². The Labute approximate surface area is 136 Å². The second-order valence-electron chi connectivity index (χ2n) is 5.89. The number of Topliss-reactive ketones (excluding diaryl/α,β-unsaturated/α-hetero) is 1. The summed E-state index contributed by atoms with van der Waals surface area (Å²) in [6.07, 6.45) is 2.15. The SMILES string of the molecule is CC(C)=CCOc1ccc2c(c1)O[C@H](c1ccccc1)CC2=O. The number of ether oxygens (including phenoxy) is 2. The Morgan fingerprint density at radius 1 is 1.22 bits per heavy atom. The third-order valence-corrected chi connectivity index (χ3v) is 3.81. The van der Waals surface area contributed by atoms with E-state index in [-0.39, 0.29) is 11.9 Å². The van der Waals surface area contributed by atoms with Crippen molar-refractivity contribution in [3.05, 3.63) is 71.3 Å². The molecule has 3 heteroatoms. The summed E-state index contributed by atoms with van der Waals surface area (Å²) in [5, 5.41) is 0. The van der Waals surface area contributed by atoms with E-state index >= 15 is 0 Å². The second kappa shape index (κ2) is 6.69. The number of carbonyl (C=O) groups is 1. The molecule has 1 atom stereocenters. The van der Waals surface area contributed by atoms with Gasteiger partial charge in [0, 0.05) is 6.07 Å². The summed E-state index contributed by atoms with van der Waals surface area (Å²) in [7, 11) is 0. The van der Waals surface area contributed by atoms with E-state index in [0.717, 1.165) is 5.56 Å². The van der Waals surface area contributed by atoms with Crippen molar-refractivity contribution in [2.24, 2.45) is 0 Å². The average Bonchev–Trinajstić information content (AvgIpc) is 2.55. The van der Waals surface area contributed by atoms with Gasteiger partial charge < -0.3 is 9.47 Å². The fraction of sp³-hybridized carbons (Fsp3) is 0.250. The lowest BCUT2D eigenvalue weighted by Gasteiger charge is -2.26. The van der Waals surface area contributed by atoms with Gasteiger partial charge in [-0.1, -0.05) is 35.9 Å². The summed E-state index contributed by atoms with van der Waals surface area (Å²) in [5.41, 5.74) is 2.85. The van der Waals surface area contributed by atoms with Gasteiger partial charge in [-0.25, -0.2) is 0 Å². The molecule has 3 rings (SSSR count). The van der Waals surface area contributed by atoms with Crippen molar-refractivity contribution in [1.82, 2.24) is 0 Å². The molecule has 0 unspecified atom stereocenters. The molecule has 0 bridgehead atoms. The van der Waals surface area contributed by atoms with Crippen LogP contribution in [-0.2, 0) is 0 Å². The van der Waals surface area contributed by atoms with Gasteiger partial charge in [0.2, 0.25) is 0 Å². The zero-order valence-electron chi connectivity index (χ0n) is 13.4. The molecule has 0 aliphatic carbocycles. The maximum atomic E-state index is 12.4. The van der Waals surface area contributed by atoms with Crippen LogP contribution in [0.25, 0.3) is 0 Å². The van der Waals surface area contributed by atoms with E-state index < -0.39 is 0 Å². The summed E-state index contributed by atoms with van der Waals surface area (Å²) in [5.74, 6) is 1.42. The molecular weight excluding hydrogens is 288 g/mol. The highest BCUT2D eigenvalue weighted by Crippen LogP contribution is 2.36. The molecule has 0 amide bonds. The highest BCUT2D eigenvalue weighted by Gasteiger charge is 2.27. The van der Waals surface area contributed by atoms with Gasteiger partial charge >= 0.3 is 0 Å². The Kier molecular flexibility index (Phi) is 4.47. The van der Waals surface area contributed by atoms with Crippen LogP contribution in [0, 0.1) is 0 Å². The van der Waals surface area contributed by atoms with E-state index in [2.05, 4.69) is 0 Å². The summed E-state index contributed by atoms with van der Waals surface area (Å²) in [6, 6.07) is 15.3. The van der Waals surface area contributed by atoms with Gasteiger partial charge in [0.15, 0.2) is 5.78 Å². The molecule has 1 aliphatic heterocycles. The van der Waals surface area contributed by atoms with Crippen LogP contribution in [0.2, 0.25) is 0 Å². The number of rotatable bonds is 4. The van der Waals surface area contributed by atoms with Crippen LogP contribution in [0.4, 0.5) is 0 Å². The van der Waals surface area contributed by atoms with Crippen LogP contribution in [0.1, 0.15) is 42.3 Å². The molecule has 2 aromatic carbocycles. The minimum atomic E-state index is -0.232. The van der Waals surface area contributed by atoms with Gasteiger partial charge in [-0.2, -0.15) is 0 Å². The number of benzene rings is 2. The molecule has 0 aromatic heterocycles. The lowest BCUT2D eigenvalue weighted by atomic mass is 9.96. The first-order chi connectivity index (χ1) is 11.1. The van der Waals surface area contributed by atoms with Crippen LogP contribution in [0.3, 0.4) is 0 Å². The van der Waals surface area contributed by atoms with Crippen LogP contribution in [0.5, 0.6) is 11.5 Å². The minimum Gasteiger partial charge on any atom is -0.489 e. The molecule has 0 saturated heterocycles. The third kappa shape index (κ3) is 3.62. The first kappa shape index (κ1) is 15.3. The van der Waals surface area contributed by atoms with Crippen molar-refractivity contribution in [3.8, 4) is 11.5 Å². The maximum absolute atomic E-state index is 12.4. The number of hydrogen-bond acceptors (Lipinski definition) is 3. The summed E-state index contributed by atoms with van der Waals surface area (Å²) < 4.78 is 11.7. The Morgan fingerprint density at radius 2 is 2.00 bits per heavy atom. The first-order valence-corrected chi connectivity index (χ1v) is 7.78. The number of allylic oxidation sites excluding steroid dienone is 1. The molecule has 2 aromatic rings. The fourth-order valence-corrected chi connectivity index (χ4v) is 2.55. The molecule has 23 heavy (non-hydrogen) atoms. The number of hydrogen-bond donors (Lipinski definition) is 0. The van der Waals surface area contributed by atoms with E-state index in [1.807, 2.05) is 56.3 Å². The monoisotopic (exact) mass is 308 g/mol. The highest BCUT2D eigenvalue weighted by molar-refractivity contribution is 6.00. The summed E-state index contributed by atoms with van der Waals surface area (Å²) in [4.78, 5) is 12.4. The molecule has 0 spiro atoms. The summed E-state index contributed by atoms with van der Waals surface area (Å²) in [6.45, 7) is 4.57.